The van der Waals surface area contributed by atoms with E-state index in [0.29, 0.717) is 5.69 Å². The van der Waals surface area contributed by atoms with Crippen molar-refractivity contribution >= 4 is 5.69 Å². The Labute approximate surface area is 89.9 Å². The van der Waals surface area contributed by atoms with Crippen LogP contribution in [-0.2, 0) is 0 Å². The van der Waals surface area contributed by atoms with Gasteiger partial charge >= 0.3 is 0 Å². The third kappa shape index (κ3) is 2.27. The maximum absolute atomic E-state index is 13.4. The molecule has 0 N–H and O–H groups in total. The Morgan fingerprint density at radius 3 is 2.60 bits per heavy atom. The SMILES string of the molecule is CCN(c1cccc(F)c1C#N)C(C)C. The van der Waals surface area contributed by atoms with Gasteiger partial charge in [0, 0.05) is 12.6 Å². The Morgan fingerprint density at radius 1 is 1.47 bits per heavy atom. The van der Waals surface area contributed by atoms with E-state index in [-0.39, 0.29) is 11.6 Å². The number of nitrogens with zero attached hydrogens (tertiary/aromatic N) is 2. The first-order chi connectivity index (χ1) is 7.11. The maximum atomic E-state index is 13.4. The molecule has 1 aromatic carbocycles. The van der Waals surface area contributed by atoms with Gasteiger partial charge in [-0.3, -0.25) is 0 Å². The van der Waals surface area contributed by atoms with Gasteiger partial charge in [-0.2, -0.15) is 5.26 Å². The van der Waals surface area contributed by atoms with Crippen LogP contribution < -0.4 is 4.90 Å². The van der Waals surface area contributed by atoms with Crippen molar-refractivity contribution in [3.8, 4) is 6.07 Å². The fourth-order valence-corrected chi connectivity index (χ4v) is 1.68. The zero-order chi connectivity index (χ0) is 11.4. The molecule has 0 amide bonds. The fraction of sp³-hybridized carbons (Fsp3) is 0.417. The minimum absolute atomic E-state index is 0.132. The molecule has 1 rings (SSSR count). The van der Waals surface area contributed by atoms with Gasteiger partial charge in [0.05, 0.1) is 5.69 Å². The molecule has 0 radical (unpaired) electrons. The van der Waals surface area contributed by atoms with Gasteiger partial charge in [-0.15, -0.1) is 0 Å². The monoisotopic (exact) mass is 206 g/mol. The molecule has 2 nitrogen and oxygen atoms in total. The highest BCUT2D eigenvalue weighted by Gasteiger charge is 2.15. The molecule has 0 atom stereocenters. The first-order valence-electron chi connectivity index (χ1n) is 5.07. The summed E-state index contributed by atoms with van der Waals surface area (Å²) >= 11 is 0. The fourth-order valence-electron chi connectivity index (χ4n) is 1.68. The van der Waals surface area contributed by atoms with Crippen LogP contribution in [0.4, 0.5) is 10.1 Å². The standard InChI is InChI=1S/C12H15FN2/c1-4-15(9(2)3)12-7-5-6-11(13)10(12)8-14/h5-7,9H,4H2,1-3H3. The Hall–Kier alpha value is -1.56. The largest absolute Gasteiger partial charge is 0.368 e. The second-order valence-electron chi connectivity index (χ2n) is 3.63. The molecule has 0 spiro atoms. The van der Waals surface area contributed by atoms with Crippen molar-refractivity contribution in [3.05, 3.63) is 29.6 Å². The zero-order valence-corrected chi connectivity index (χ0v) is 9.29. The van der Waals surface area contributed by atoms with E-state index in [4.69, 9.17) is 5.26 Å². The van der Waals surface area contributed by atoms with Crippen LogP contribution in [0.25, 0.3) is 0 Å². The van der Waals surface area contributed by atoms with E-state index in [1.54, 1.807) is 12.1 Å². The summed E-state index contributed by atoms with van der Waals surface area (Å²) in [5.41, 5.74) is 0.808. The van der Waals surface area contributed by atoms with E-state index >= 15 is 0 Å². The second kappa shape index (κ2) is 4.79. The first-order valence-corrected chi connectivity index (χ1v) is 5.07. The van der Waals surface area contributed by atoms with Crippen molar-refractivity contribution in [2.75, 3.05) is 11.4 Å². The summed E-state index contributed by atoms with van der Waals surface area (Å²) in [7, 11) is 0. The van der Waals surface area contributed by atoms with E-state index in [1.165, 1.54) is 6.07 Å². The third-order valence-electron chi connectivity index (χ3n) is 2.38. The van der Waals surface area contributed by atoms with Crippen molar-refractivity contribution in [3.63, 3.8) is 0 Å². The van der Waals surface area contributed by atoms with E-state index in [2.05, 4.69) is 0 Å². The summed E-state index contributed by atoms with van der Waals surface area (Å²) < 4.78 is 13.4. The number of benzene rings is 1. The highest BCUT2D eigenvalue weighted by Crippen LogP contribution is 2.23. The number of rotatable bonds is 3. The molecular weight excluding hydrogens is 191 g/mol. The Kier molecular flexibility index (Phi) is 3.68. The van der Waals surface area contributed by atoms with Crippen LogP contribution in [0.1, 0.15) is 26.3 Å². The van der Waals surface area contributed by atoms with Gasteiger partial charge in [-0.1, -0.05) is 6.07 Å². The van der Waals surface area contributed by atoms with Crippen molar-refractivity contribution < 1.29 is 4.39 Å². The van der Waals surface area contributed by atoms with Crippen LogP contribution in [0.2, 0.25) is 0 Å². The van der Waals surface area contributed by atoms with E-state index < -0.39 is 5.82 Å². The molecule has 0 bridgehead atoms. The summed E-state index contributed by atoms with van der Waals surface area (Å²) in [5.74, 6) is -0.450. The second-order valence-corrected chi connectivity index (χ2v) is 3.63. The highest BCUT2D eigenvalue weighted by atomic mass is 19.1. The Balaban J connectivity index is 3.24. The quantitative estimate of drug-likeness (QED) is 0.760. The average molecular weight is 206 g/mol. The normalized spacial score (nSPS) is 10.1. The van der Waals surface area contributed by atoms with E-state index in [0.717, 1.165) is 6.54 Å². The molecule has 80 valence electrons. The molecule has 0 saturated heterocycles. The van der Waals surface area contributed by atoms with Gasteiger partial charge in [0.2, 0.25) is 0 Å². The molecular formula is C12H15FN2. The topological polar surface area (TPSA) is 27.0 Å². The third-order valence-corrected chi connectivity index (χ3v) is 2.38. The van der Waals surface area contributed by atoms with Crippen molar-refractivity contribution in [2.24, 2.45) is 0 Å². The van der Waals surface area contributed by atoms with Gasteiger partial charge < -0.3 is 4.90 Å². The molecule has 0 fully saturated rings. The number of anilines is 1. The van der Waals surface area contributed by atoms with Crippen LogP contribution in [0.3, 0.4) is 0 Å². The zero-order valence-electron chi connectivity index (χ0n) is 9.29. The number of hydrogen-bond acceptors (Lipinski definition) is 2. The van der Waals surface area contributed by atoms with Crippen molar-refractivity contribution in [1.82, 2.24) is 0 Å². The van der Waals surface area contributed by atoms with Gasteiger partial charge in [0.1, 0.15) is 17.4 Å². The lowest BCUT2D eigenvalue weighted by molar-refractivity contribution is 0.619. The highest BCUT2D eigenvalue weighted by molar-refractivity contribution is 5.60. The van der Waals surface area contributed by atoms with Crippen molar-refractivity contribution in [1.29, 1.82) is 5.26 Å². The summed E-state index contributed by atoms with van der Waals surface area (Å²) in [6.07, 6.45) is 0. The van der Waals surface area contributed by atoms with Crippen LogP contribution in [0.5, 0.6) is 0 Å². The average Bonchev–Trinajstić information content (AvgIpc) is 2.18. The minimum Gasteiger partial charge on any atom is -0.368 e. The van der Waals surface area contributed by atoms with Crippen LogP contribution in [-0.4, -0.2) is 12.6 Å². The summed E-state index contributed by atoms with van der Waals surface area (Å²) in [6.45, 7) is 6.80. The van der Waals surface area contributed by atoms with Gasteiger partial charge in [-0.05, 0) is 32.9 Å². The molecule has 0 aliphatic rings. The van der Waals surface area contributed by atoms with Crippen molar-refractivity contribution in [2.45, 2.75) is 26.8 Å². The molecule has 0 aliphatic carbocycles. The molecule has 1 aromatic rings. The summed E-state index contributed by atoms with van der Waals surface area (Å²) in [6, 6.07) is 6.90. The predicted octanol–water partition coefficient (Wildman–Crippen LogP) is 2.93. The predicted molar refractivity (Wildman–Crippen MR) is 59.3 cm³/mol. The van der Waals surface area contributed by atoms with Gasteiger partial charge in [0.15, 0.2) is 0 Å². The number of hydrogen-bond donors (Lipinski definition) is 0. The smallest absolute Gasteiger partial charge is 0.143 e. The van der Waals surface area contributed by atoms with Crippen LogP contribution in [0.15, 0.2) is 18.2 Å². The summed E-state index contributed by atoms with van der Waals surface area (Å²) in [4.78, 5) is 2.00. The van der Waals surface area contributed by atoms with Crippen LogP contribution >= 0.6 is 0 Å². The molecule has 0 aliphatic heterocycles. The molecule has 0 aromatic heterocycles. The maximum Gasteiger partial charge on any atom is 0.143 e. The molecule has 3 heteroatoms. The first kappa shape index (κ1) is 11.5. The lowest BCUT2D eigenvalue weighted by Crippen LogP contribution is -2.31. The number of halogens is 1. The molecule has 0 heterocycles. The van der Waals surface area contributed by atoms with E-state index in [9.17, 15) is 4.39 Å². The Morgan fingerprint density at radius 2 is 2.13 bits per heavy atom. The Bertz CT molecular complexity index is 380. The molecule has 0 saturated carbocycles. The summed E-state index contributed by atoms with van der Waals surface area (Å²) in [5, 5.41) is 8.91. The van der Waals surface area contributed by atoms with Gasteiger partial charge in [-0.25, -0.2) is 4.39 Å². The molecule has 15 heavy (non-hydrogen) atoms. The minimum atomic E-state index is -0.450. The number of nitriles is 1. The van der Waals surface area contributed by atoms with E-state index in [1.807, 2.05) is 31.7 Å². The molecule has 0 unspecified atom stereocenters. The van der Waals surface area contributed by atoms with Gasteiger partial charge in [0.25, 0.3) is 0 Å². The lowest BCUT2D eigenvalue weighted by Gasteiger charge is -2.28. The van der Waals surface area contributed by atoms with Crippen LogP contribution in [0, 0.1) is 17.1 Å². The lowest BCUT2D eigenvalue weighted by atomic mass is 10.1.